The molecular formula is C24H28N4O5S2. The van der Waals surface area contributed by atoms with Crippen molar-refractivity contribution in [2.75, 3.05) is 18.4 Å². The largest absolute Gasteiger partial charge is 0.306 e. The summed E-state index contributed by atoms with van der Waals surface area (Å²) in [5.74, 6) is -0.569. The average molecular weight is 517 g/mol. The number of amides is 1. The zero-order valence-corrected chi connectivity index (χ0v) is 21.7. The van der Waals surface area contributed by atoms with E-state index in [-0.39, 0.29) is 22.0 Å². The van der Waals surface area contributed by atoms with Crippen molar-refractivity contribution in [1.29, 1.82) is 0 Å². The van der Waals surface area contributed by atoms with Crippen LogP contribution in [-0.2, 0) is 31.4 Å². The molecule has 0 unspecified atom stereocenters. The number of carbonyl (C=O) groups excluding carboxylic acids is 1. The Morgan fingerprint density at radius 3 is 2.34 bits per heavy atom. The lowest BCUT2D eigenvalue weighted by Gasteiger charge is -2.18. The Balaban J connectivity index is 1.70. The molecule has 0 bridgehead atoms. The van der Waals surface area contributed by atoms with Gasteiger partial charge in [-0.1, -0.05) is 26.0 Å². The van der Waals surface area contributed by atoms with Gasteiger partial charge in [0, 0.05) is 24.2 Å². The highest BCUT2D eigenvalue weighted by molar-refractivity contribution is 7.90. The smallest absolute Gasteiger partial charge is 0.256 e. The lowest BCUT2D eigenvalue weighted by molar-refractivity contribution is 0.102. The highest BCUT2D eigenvalue weighted by Crippen LogP contribution is 2.34. The molecule has 0 atom stereocenters. The van der Waals surface area contributed by atoms with Gasteiger partial charge in [-0.2, -0.15) is 9.40 Å². The van der Waals surface area contributed by atoms with Crippen LogP contribution in [0.2, 0.25) is 0 Å². The van der Waals surface area contributed by atoms with Gasteiger partial charge in [-0.15, -0.1) is 0 Å². The Labute approximate surface area is 205 Å². The SMILES string of the molecule is CCN(CC)S(=O)(=O)c1ccc(C(=O)Nc2c3c(nn2-c2cccc(C)c2C)CS(=O)(=O)C3)cc1. The van der Waals surface area contributed by atoms with Crippen molar-refractivity contribution in [3.8, 4) is 5.69 Å². The number of hydrogen-bond donors (Lipinski definition) is 1. The fourth-order valence-corrected chi connectivity index (χ4v) is 7.13. The number of nitrogens with one attached hydrogen (secondary N) is 1. The van der Waals surface area contributed by atoms with E-state index in [2.05, 4.69) is 10.4 Å². The monoisotopic (exact) mass is 516 g/mol. The van der Waals surface area contributed by atoms with Gasteiger partial charge >= 0.3 is 0 Å². The summed E-state index contributed by atoms with van der Waals surface area (Å²) in [4.78, 5) is 13.3. The number of benzene rings is 2. The molecule has 4 rings (SSSR count). The highest BCUT2D eigenvalue weighted by Gasteiger charge is 2.33. The minimum Gasteiger partial charge on any atom is -0.306 e. The maximum atomic E-state index is 13.2. The molecule has 1 amide bonds. The van der Waals surface area contributed by atoms with Gasteiger partial charge in [-0.25, -0.2) is 21.5 Å². The molecule has 1 N–H and O–H groups in total. The third-order valence-corrected chi connectivity index (χ3v) is 9.79. The van der Waals surface area contributed by atoms with E-state index in [1.807, 2.05) is 32.0 Å². The van der Waals surface area contributed by atoms with Gasteiger partial charge in [0.2, 0.25) is 10.0 Å². The molecule has 0 saturated carbocycles. The van der Waals surface area contributed by atoms with Crippen LogP contribution in [0.3, 0.4) is 0 Å². The number of fused-ring (bicyclic) bond motifs is 1. The summed E-state index contributed by atoms with van der Waals surface area (Å²) < 4.78 is 52.9. The molecule has 0 saturated heterocycles. The molecule has 1 aliphatic heterocycles. The molecule has 3 aromatic rings. The normalized spacial score (nSPS) is 14.8. The number of nitrogens with zero attached hydrogens (tertiary/aromatic N) is 3. The van der Waals surface area contributed by atoms with E-state index in [4.69, 9.17) is 0 Å². The predicted octanol–water partition coefficient (Wildman–Crippen LogP) is 3.20. The van der Waals surface area contributed by atoms with Crippen molar-refractivity contribution in [3.63, 3.8) is 0 Å². The van der Waals surface area contributed by atoms with Crippen molar-refractivity contribution >= 4 is 31.6 Å². The van der Waals surface area contributed by atoms with Crippen LogP contribution in [0.1, 0.15) is 46.6 Å². The minimum absolute atomic E-state index is 0.102. The van der Waals surface area contributed by atoms with Gasteiger partial charge in [0.15, 0.2) is 9.84 Å². The van der Waals surface area contributed by atoms with Gasteiger partial charge < -0.3 is 5.32 Å². The fourth-order valence-electron chi connectivity index (χ4n) is 4.18. The number of sulfone groups is 1. The summed E-state index contributed by atoms with van der Waals surface area (Å²) >= 11 is 0. The first kappa shape index (κ1) is 25.1. The van der Waals surface area contributed by atoms with E-state index in [0.29, 0.717) is 30.2 Å². The second kappa shape index (κ2) is 9.21. The zero-order valence-electron chi connectivity index (χ0n) is 20.1. The lowest BCUT2D eigenvalue weighted by atomic mass is 10.1. The zero-order chi connectivity index (χ0) is 25.5. The van der Waals surface area contributed by atoms with Crippen molar-refractivity contribution in [1.82, 2.24) is 14.1 Å². The summed E-state index contributed by atoms with van der Waals surface area (Å²) in [5, 5.41) is 7.36. The summed E-state index contributed by atoms with van der Waals surface area (Å²) in [6.45, 7) is 8.12. The molecule has 35 heavy (non-hydrogen) atoms. The van der Waals surface area contributed by atoms with Crippen molar-refractivity contribution in [2.24, 2.45) is 0 Å². The number of sulfonamides is 1. The van der Waals surface area contributed by atoms with Gasteiger partial charge in [0.25, 0.3) is 5.91 Å². The number of aryl methyl sites for hydroxylation is 1. The molecule has 11 heteroatoms. The number of rotatable bonds is 7. The van der Waals surface area contributed by atoms with Gasteiger partial charge in [-0.3, -0.25) is 4.79 Å². The summed E-state index contributed by atoms with van der Waals surface area (Å²) in [7, 11) is -6.98. The Hall–Kier alpha value is -3.02. The van der Waals surface area contributed by atoms with E-state index in [0.717, 1.165) is 16.8 Å². The highest BCUT2D eigenvalue weighted by atomic mass is 32.2. The van der Waals surface area contributed by atoms with Crippen LogP contribution in [0.15, 0.2) is 47.4 Å². The van der Waals surface area contributed by atoms with E-state index < -0.39 is 25.8 Å². The third kappa shape index (κ3) is 4.63. The van der Waals surface area contributed by atoms with E-state index >= 15 is 0 Å². The van der Waals surface area contributed by atoms with Crippen molar-refractivity contribution in [3.05, 3.63) is 70.4 Å². The van der Waals surface area contributed by atoms with Crippen LogP contribution in [0.4, 0.5) is 5.82 Å². The molecular weight excluding hydrogens is 488 g/mol. The third-order valence-electron chi connectivity index (χ3n) is 6.28. The molecule has 2 heterocycles. The Morgan fingerprint density at radius 1 is 1.06 bits per heavy atom. The first-order valence-electron chi connectivity index (χ1n) is 11.3. The first-order chi connectivity index (χ1) is 16.5. The number of anilines is 1. The molecule has 0 spiro atoms. The molecule has 186 valence electrons. The van der Waals surface area contributed by atoms with Crippen molar-refractivity contribution < 1.29 is 21.6 Å². The second-order valence-electron chi connectivity index (χ2n) is 8.50. The molecule has 9 nitrogen and oxygen atoms in total. The standard InChI is InChI=1S/C24H28N4O5S2/c1-5-27(6-2)35(32,33)19-12-10-18(11-13-19)24(29)25-23-20-14-34(30,31)15-21(20)26-28(23)22-9-7-8-16(3)17(22)4/h7-13H,5-6,14-15H2,1-4H3,(H,25,29). The van der Waals surface area contributed by atoms with Crippen LogP contribution in [0, 0.1) is 13.8 Å². The summed E-state index contributed by atoms with van der Waals surface area (Å²) in [5.41, 5.74) is 3.87. The summed E-state index contributed by atoms with van der Waals surface area (Å²) in [6.07, 6.45) is 0. The maximum absolute atomic E-state index is 13.2. The van der Waals surface area contributed by atoms with Crippen LogP contribution >= 0.6 is 0 Å². The maximum Gasteiger partial charge on any atom is 0.256 e. The van der Waals surface area contributed by atoms with Crippen molar-refractivity contribution in [2.45, 2.75) is 44.1 Å². The van der Waals surface area contributed by atoms with Crippen LogP contribution < -0.4 is 5.32 Å². The minimum atomic E-state index is -3.65. The van der Waals surface area contributed by atoms with Gasteiger partial charge in [0.1, 0.15) is 5.82 Å². The van der Waals surface area contributed by atoms with Crippen LogP contribution in [0.25, 0.3) is 5.69 Å². The molecule has 2 aromatic carbocycles. The Bertz CT molecular complexity index is 1500. The fraction of sp³-hybridized carbons (Fsp3) is 0.333. The Morgan fingerprint density at radius 2 is 1.71 bits per heavy atom. The number of carbonyl (C=O) groups is 1. The lowest BCUT2D eigenvalue weighted by Crippen LogP contribution is -2.30. The van der Waals surface area contributed by atoms with E-state index in [9.17, 15) is 21.6 Å². The molecule has 0 fully saturated rings. The Kier molecular flexibility index (Phi) is 6.60. The molecule has 0 radical (unpaired) electrons. The predicted molar refractivity (Wildman–Crippen MR) is 134 cm³/mol. The number of aromatic nitrogens is 2. The van der Waals surface area contributed by atoms with E-state index in [1.165, 1.54) is 28.6 Å². The molecule has 1 aromatic heterocycles. The van der Waals surface area contributed by atoms with E-state index in [1.54, 1.807) is 18.5 Å². The van der Waals surface area contributed by atoms with Gasteiger partial charge in [0.05, 0.1) is 27.8 Å². The second-order valence-corrected chi connectivity index (χ2v) is 12.5. The van der Waals surface area contributed by atoms with Crippen LogP contribution in [0.5, 0.6) is 0 Å². The topological polar surface area (TPSA) is 118 Å². The van der Waals surface area contributed by atoms with Crippen LogP contribution in [-0.4, -0.2) is 49.9 Å². The average Bonchev–Trinajstić information content (AvgIpc) is 3.28. The number of hydrogen-bond acceptors (Lipinski definition) is 6. The molecule has 0 aliphatic carbocycles. The quantitative estimate of drug-likeness (QED) is 0.515. The summed E-state index contributed by atoms with van der Waals surface area (Å²) in [6, 6.07) is 11.4. The van der Waals surface area contributed by atoms with Gasteiger partial charge in [-0.05, 0) is 55.3 Å². The molecule has 1 aliphatic rings. The first-order valence-corrected chi connectivity index (χ1v) is 14.5.